The number of anilines is 2. The largest absolute Gasteiger partial charge is 0.351 e. The van der Waals surface area contributed by atoms with Crippen molar-refractivity contribution < 1.29 is 9.59 Å². The van der Waals surface area contributed by atoms with Gasteiger partial charge >= 0.3 is 0 Å². The number of carbonyl (C=O) groups excluding carboxylic acids is 2. The summed E-state index contributed by atoms with van der Waals surface area (Å²) in [6.07, 6.45) is 31.2. The van der Waals surface area contributed by atoms with E-state index < -0.39 is 0 Å². The van der Waals surface area contributed by atoms with Crippen LogP contribution in [0.4, 0.5) is 11.9 Å². The molecule has 2 saturated heterocycles. The zero-order valence-corrected chi connectivity index (χ0v) is 43.1. The minimum atomic E-state index is -0.0321. The topological polar surface area (TPSA) is 157 Å². The fraction of sp³-hybridized carbons (Fsp3) is 0.750. The maximum absolute atomic E-state index is 12.7. The van der Waals surface area contributed by atoms with Crippen molar-refractivity contribution in [1.82, 2.24) is 59.3 Å². The van der Waals surface area contributed by atoms with E-state index in [2.05, 4.69) is 60.0 Å². The maximum atomic E-state index is 12.7. The molecule has 6 saturated carbocycles. The summed E-state index contributed by atoms with van der Waals surface area (Å²) >= 11 is 0. The highest BCUT2D eigenvalue weighted by molar-refractivity contribution is 6.00. The summed E-state index contributed by atoms with van der Waals surface area (Å²) in [7, 11) is 0. The number of aromatic nitrogens is 6. The van der Waals surface area contributed by atoms with E-state index in [0.29, 0.717) is 25.2 Å². The Labute approximate surface area is 426 Å². The Morgan fingerprint density at radius 3 is 1.26 bits per heavy atom. The highest BCUT2D eigenvalue weighted by Gasteiger charge is 2.44. The minimum absolute atomic E-state index is 0.0189. The first kappa shape index (κ1) is 47.3. The van der Waals surface area contributed by atoms with Gasteiger partial charge in [0.25, 0.3) is 11.8 Å². The van der Waals surface area contributed by atoms with Gasteiger partial charge in [-0.15, -0.1) is 0 Å². The van der Waals surface area contributed by atoms with Crippen molar-refractivity contribution in [2.24, 2.45) is 11.8 Å². The van der Waals surface area contributed by atoms with E-state index in [9.17, 15) is 9.59 Å². The second kappa shape index (κ2) is 20.0. The molecule has 16 nitrogen and oxygen atoms in total. The van der Waals surface area contributed by atoms with E-state index in [1.54, 1.807) is 0 Å². The Balaban J connectivity index is 0.000000140. The number of carbonyl (C=O) groups is 2. The number of fused-ring (bicyclic) bond motifs is 8. The SMILES string of the molecule is O=C1NCC2(CCCCC2)n2c1cc1cnc(NC3CCC(N4CCN(CC5CC5)CC4)CC3)nc12.O=C1NCC2(CCCCC2)n2c1cc1cnc(NC3CCC(N4CCN(CC5CC5)CC4)CC3)nc12. The number of piperazine rings is 2. The second-order valence-corrected chi connectivity index (χ2v) is 24.5. The van der Waals surface area contributed by atoms with Crippen LogP contribution in [-0.4, -0.2) is 163 Å². The Morgan fingerprint density at radius 1 is 0.500 bits per heavy atom. The minimum Gasteiger partial charge on any atom is -0.351 e. The molecule has 4 aliphatic heterocycles. The Kier molecular flexibility index (Phi) is 13.2. The van der Waals surface area contributed by atoms with Crippen molar-refractivity contribution in [3.8, 4) is 0 Å². The summed E-state index contributed by atoms with van der Waals surface area (Å²) in [6, 6.07) is 6.29. The summed E-state index contributed by atoms with van der Waals surface area (Å²) in [4.78, 5) is 55.7. The zero-order chi connectivity index (χ0) is 48.2. The normalized spacial score (nSPS) is 29.3. The van der Waals surface area contributed by atoms with Crippen LogP contribution >= 0.6 is 0 Å². The first-order valence-corrected chi connectivity index (χ1v) is 29.1. The van der Waals surface area contributed by atoms with Gasteiger partial charge in [-0.3, -0.25) is 19.4 Å². The molecule has 4 aromatic heterocycles. The molecule has 2 amide bonds. The van der Waals surface area contributed by atoms with Crippen LogP contribution in [0.15, 0.2) is 24.5 Å². The smallest absolute Gasteiger partial charge is 0.268 e. The van der Waals surface area contributed by atoms with Crippen LogP contribution in [0, 0.1) is 11.8 Å². The monoisotopic (exact) mass is 983 g/mol. The molecule has 72 heavy (non-hydrogen) atoms. The molecular weight excluding hydrogens is 901 g/mol. The molecule has 14 rings (SSSR count). The Hall–Kier alpha value is -4.38. The number of rotatable bonds is 10. The summed E-state index contributed by atoms with van der Waals surface area (Å²) in [5, 5.41) is 15.6. The first-order valence-electron chi connectivity index (χ1n) is 29.1. The summed E-state index contributed by atoms with van der Waals surface area (Å²) in [5.41, 5.74) is 3.30. The average molecular weight is 983 g/mol. The predicted molar refractivity (Wildman–Crippen MR) is 283 cm³/mol. The molecule has 0 aromatic carbocycles. The molecular formula is C56H82N14O2. The van der Waals surface area contributed by atoms with E-state index in [4.69, 9.17) is 9.97 Å². The van der Waals surface area contributed by atoms with Crippen molar-refractivity contribution >= 4 is 45.8 Å². The summed E-state index contributed by atoms with van der Waals surface area (Å²) in [5.74, 6) is 3.48. The fourth-order valence-electron chi connectivity index (χ4n) is 15.0. The highest BCUT2D eigenvalue weighted by Crippen LogP contribution is 2.42. The second-order valence-electron chi connectivity index (χ2n) is 24.5. The van der Waals surface area contributed by atoms with E-state index in [0.717, 1.165) is 95.0 Å². The molecule has 6 aliphatic carbocycles. The molecule has 4 N–H and O–H groups in total. The van der Waals surface area contributed by atoms with Crippen molar-refractivity contribution in [2.75, 3.05) is 89.2 Å². The van der Waals surface area contributed by atoms with Crippen LogP contribution in [0.5, 0.6) is 0 Å². The van der Waals surface area contributed by atoms with Gasteiger partial charge in [0.2, 0.25) is 11.9 Å². The van der Waals surface area contributed by atoms with Crippen LogP contribution in [0.3, 0.4) is 0 Å². The summed E-state index contributed by atoms with van der Waals surface area (Å²) in [6.45, 7) is 14.1. The van der Waals surface area contributed by atoms with Crippen LogP contribution in [0.2, 0.25) is 0 Å². The van der Waals surface area contributed by atoms with Gasteiger partial charge in [0.1, 0.15) is 22.7 Å². The molecule has 0 unspecified atom stereocenters. The number of hydrogen-bond acceptors (Lipinski definition) is 12. The van der Waals surface area contributed by atoms with E-state index >= 15 is 0 Å². The third-order valence-electron chi connectivity index (χ3n) is 19.6. The van der Waals surface area contributed by atoms with E-state index in [1.807, 2.05) is 24.5 Å². The third-order valence-corrected chi connectivity index (χ3v) is 19.6. The van der Waals surface area contributed by atoms with Crippen LogP contribution < -0.4 is 21.3 Å². The van der Waals surface area contributed by atoms with Gasteiger partial charge in [-0.05, 0) is 127 Å². The number of hydrogen-bond donors (Lipinski definition) is 4. The van der Waals surface area contributed by atoms with Gasteiger partial charge < -0.3 is 40.2 Å². The molecule has 0 atom stereocenters. The van der Waals surface area contributed by atoms with Crippen LogP contribution in [0.25, 0.3) is 22.1 Å². The molecule has 16 heteroatoms. The lowest BCUT2D eigenvalue weighted by atomic mass is 9.80. The van der Waals surface area contributed by atoms with Crippen molar-refractivity contribution in [3.05, 3.63) is 35.9 Å². The maximum Gasteiger partial charge on any atom is 0.268 e. The van der Waals surface area contributed by atoms with Crippen LogP contribution in [-0.2, 0) is 11.1 Å². The lowest BCUT2D eigenvalue weighted by Crippen LogP contribution is -2.52. The standard InChI is InChI=1S/2C28H41N7O/c2*36-26-24-16-21-17-29-27(32-25(21)35(24)28(19-30-26)10-2-1-3-11-28)31-22-6-8-23(9-7-22)34-14-12-33(13-15-34)18-20-4-5-20/h2*16-17,20,22-23H,1-15,18-19H2,(H,30,36)(H,29,31,32). The molecule has 4 aromatic rings. The number of amides is 2. The van der Waals surface area contributed by atoms with Gasteiger partial charge in [-0.25, -0.2) is 9.97 Å². The molecule has 388 valence electrons. The van der Waals surface area contributed by atoms with Gasteiger partial charge in [0.05, 0.1) is 11.1 Å². The van der Waals surface area contributed by atoms with Gasteiger partial charge in [0.15, 0.2) is 0 Å². The van der Waals surface area contributed by atoms with Gasteiger partial charge in [-0.2, -0.15) is 9.97 Å². The molecule has 2 spiro atoms. The molecule has 10 aliphatic rings. The molecule has 8 fully saturated rings. The lowest BCUT2D eigenvalue weighted by Gasteiger charge is -2.43. The lowest BCUT2D eigenvalue weighted by molar-refractivity contribution is 0.0752. The molecule has 0 bridgehead atoms. The Morgan fingerprint density at radius 2 is 0.889 bits per heavy atom. The zero-order valence-electron chi connectivity index (χ0n) is 43.1. The molecule has 0 radical (unpaired) electrons. The first-order chi connectivity index (χ1) is 35.3. The highest BCUT2D eigenvalue weighted by atomic mass is 16.2. The molecule has 8 heterocycles. The third kappa shape index (κ3) is 9.75. The van der Waals surface area contributed by atoms with Crippen LogP contribution in [0.1, 0.15) is 162 Å². The summed E-state index contributed by atoms with van der Waals surface area (Å²) < 4.78 is 4.54. The fourth-order valence-corrected chi connectivity index (χ4v) is 15.0. The van der Waals surface area contributed by atoms with E-state index in [-0.39, 0.29) is 22.9 Å². The Bertz CT molecular complexity index is 2380. The van der Waals surface area contributed by atoms with E-state index in [1.165, 1.54) is 181 Å². The predicted octanol–water partition coefficient (Wildman–Crippen LogP) is 7.17. The van der Waals surface area contributed by atoms with Gasteiger partial charge in [0, 0.05) is 126 Å². The van der Waals surface area contributed by atoms with Gasteiger partial charge in [-0.1, -0.05) is 38.5 Å². The quantitative estimate of drug-likeness (QED) is 0.127. The van der Waals surface area contributed by atoms with Crippen molar-refractivity contribution in [2.45, 2.75) is 177 Å². The average Bonchev–Trinajstić information content (AvgIpc) is 4.35. The number of nitrogens with zero attached hydrogens (tertiary/aromatic N) is 10. The van der Waals surface area contributed by atoms with Crippen molar-refractivity contribution in [1.29, 1.82) is 0 Å². The van der Waals surface area contributed by atoms with Crippen molar-refractivity contribution in [3.63, 3.8) is 0 Å². The number of nitrogens with one attached hydrogen (secondary N) is 4.